The second kappa shape index (κ2) is 6.55. The van der Waals surface area contributed by atoms with E-state index in [0.29, 0.717) is 11.6 Å². The van der Waals surface area contributed by atoms with Gasteiger partial charge in [-0.3, -0.25) is 4.90 Å². The molecular formula is C15H30N2. The van der Waals surface area contributed by atoms with Crippen molar-refractivity contribution in [3.05, 3.63) is 12.7 Å². The summed E-state index contributed by atoms with van der Waals surface area (Å²) in [6.45, 7) is 16.6. The Hall–Kier alpha value is -0.340. The summed E-state index contributed by atoms with van der Waals surface area (Å²) in [5, 5.41) is 3.74. The van der Waals surface area contributed by atoms with E-state index in [1.54, 1.807) is 0 Å². The number of nitrogens with zero attached hydrogens (tertiary/aromatic N) is 1. The Morgan fingerprint density at radius 3 is 2.76 bits per heavy atom. The Balaban J connectivity index is 2.59. The van der Waals surface area contributed by atoms with E-state index in [2.05, 4.69) is 44.5 Å². The predicted molar refractivity (Wildman–Crippen MR) is 76.3 cm³/mol. The molecule has 1 N–H and O–H groups in total. The SMILES string of the molecule is C=CCCCN1CC(C)(CC)NCC1C(C)C. The van der Waals surface area contributed by atoms with Crippen molar-refractivity contribution in [2.75, 3.05) is 19.6 Å². The van der Waals surface area contributed by atoms with Gasteiger partial charge in [0, 0.05) is 24.7 Å². The third-order valence-corrected chi connectivity index (χ3v) is 4.16. The summed E-state index contributed by atoms with van der Waals surface area (Å²) < 4.78 is 0. The first-order valence-electron chi connectivity index (χ1n) is 7.12. The van der Waals surface area contributed by atoms with Crippen LogP contribution in [0.4, 0.5) is 0 Å². The minimum absolute atomic E-state index is 0.305. The van der Waals surface area contributed by atoms with Crippen LogP contribution in [0.15, 0.2) is 12.7 Å². The summed E-state index contributed by atoms with van der Waals surface area (Å²) in [6.07, 6.45) is 5.62. The number of hydrogen-bond donors (Lipinski definition) is 1. The second-order valence-corrected chi connectivity index (χ2v) is 6.01. The van der Waals surface area contributed by atoms with Gasteiger partial charge >= 0.3 is 0 Å². The minimum atomic E-state index is 0.305. The van der Waals surface area contributed by atoms with E-state index in [9.17, 15) is 0 Å². The molecule has 2 heteroatoms. The van der Waals surface area contributed by atoms with Crippen molar-refractivity contribution in [3.63, 3.8) is 0 Å². The molecule has 17 heavy (non-hydrogen) atoms. The Kier molecular flexibility index (Phi) is 5.68. The fraction of sp³-hybridized carbons (Fsp3) is 0.867. The monoisotopic (exact) mass is 238 g/mol. The molecule has 0 aromatic rings. The zero-order valence-corrected chi connectivity index (χ0v) is 12.1. The van der Waals surface area contributed by atoms with E-state index in [1.165, 1.54) is 25.9 Å². The van der Waals surface area contributed by atoms with Crippen LogP contribution < -0.4 is 5.32 Å². The van der Waals surface area contributed by atoms with Crippen LogP contribution in [-0.2, 0) is 0 Å². The van der Waals surface area contributed by atoms with Crippen molar-refractivity contribution < 1.29 is 0 Å². The van der Waals surface area contributed by atoms with Crippen LogP contribution in [0.25, 0.3) is 0 Å². The van der Waals surface area contributed by atoms with Gasteiger partial charge in [-0.05, 0) is 38.6 Å². The van der Waals surface area contributed by atoms with Gasteiger partial charge in [-0.15, -0.1) is 6.58 Å². The molecule has 0 bridgehead atoms. The van der Waals surface area contributed by atoms with Gasteiger partial charge < -0.3 is 5.32 Å². The molecule has 0 radical (unpaired) electrons. The summed E-state index contributed by atoms with van der Waals surface area (Å²) in [5.74, 6) is 0.729. The Morgan fingerprint density at radius 2 is 2.24 bits per heavy atom. The summed E-state index contributed by atoms with van der Waals surface area (Å²) in [6, 6.07) is 0.694. The maximum Gasteiger partial charge on any atom is 0.0278 e. The molecule has 100 valence electrons. The first-order valence-corrected chi connectivity index (χ1v) is 7.12. The second-order valence-electron chi connectivity index (χ2n) is 6.01. The molecule has 0 aromatic heterocycles. The molecule has 1 fully saturated rings. The lowest BCUT2D eigenvalue weighted by atomic mass is 9.90. The van der Waals surface area contributed by atoms with E-state index >= 15 is 0 Å². The first kappa shape index (κ1) is 14.7. The highest BCUT2D eigenvalue weighted by Gasteiger charge is 2.35. The first-order chi connectivity index (χ1) is 8.02. The minimum Gasteiger partial charge on any atom is -0.309 e. The molecule has 0 saturated carbocycles. The Bertz CT molecular complexity index is 237. The van der Waals surface area contributed by atoms with Crippen molar-refractivity contribution in [1.29, 1.82) is 0 Å². The largest absolute Gasteiger partial charge is 0.309 e. The number of piperazine rings is 1. The van der Waals surface area contributed by atoms with Gasteiger partial charge in [-0.25, -0.2) is 0 Å². The lowest BCUT2D eigenvalue weighted by molar-refractivity contribution is 0.0596. The maximum absolute atomic E-state index is 3.81. The van der Waals surface area contributed by atoms with Crippen molar-refractivity contribution in [2.45, 2.75) is 58.5 Å². The van der Waals surface area contributed by atoms with Crippen LogP contribution in [0.3, 0.4) is 0 Å². The zero-order valence-electron chi connectivity index (χ0n) is 12.1. The molecule has 1 aliphatic heterocycles. The highest BCUT2D eigenvalue weighted by Crippen LogP contribution is 2.23. The van der Waals surface area contributed by atoms with Gasteiger partial charge in [-0.1, -0.05) is 26.8 Å². The molecule has 2 nitrogen and oxygen atoms in total. The quantitative estimate of drug-likeness (QED) is 0.565. The summed E-state index contributed by atoms with van der Waals surface area (Å²) in [4.78, 5) is 2.69. The van der Waals surface area contributed by atoms with E-state index in [4.69, 9.17) is 0 Å². The molecule has 0 spiro atoms. The number of hydrogen-bond acceptors (Lipinski definition) is 2. The summed E-state index contributed by atoms with van der Waals surface area (Å²) >= 11 is 0. The molecule has 0 aromatic carbocycles. The van der Waals surface area contributed by atoms with Crippen LogP contribution in [0.1, 0.15) is 47.0 Å². The predicted octanol–water partition coefficient (Wildman–Crippen LogP) is 3.05. The fourth-order valence-corrected chi connectivity index (χ4v) is 2.68. The number of allylic oxidation sites excluding steroid dienone is 1. The van der Waals surface area contributed by atoms with E-state index in [1.807, 2.05) is 6.08 Å². The van der Waals surface area contributed by atoms with Crippen LogP contribution in [0.2, 0.25) is 0 Å². The average Bonchev–Trinajstić information content (AvgIpc) is 2.29. The average molecular weight is 238 g/mol. The standard InChI is InChI=1S/C15H30N2/c1-6-8-9-10-17-12-15(5,7-2)16-11-14(17)13(3)4/h6,13-14,16H,1,7-12H2,2-5H3. The Morgan fingerprint density at radius 1 is 1.53 bits per heavy atom. The number of nitrogens with one attached hydrogen (secondary N) is 1. The van der Waals surface area contributed by atoms with Gasteiger partial charge in [0.15, 0.2) is 0 Å². The Labute approximate surface area is 107 Å². The highest BCUT2D eigenvalue weighted by atomic mass is 15.3. The van der Waals surface area contributed by atoms with E-state index in [0.717, 1.165) is 18.9 Å². The molecular weight excluding hydrogens is 208 g/mol. The smallest absolute Gasteiger partial charge is 0.0278 e. The lowest BCUT2D eigenvalue weighted by Crippen LogP contribution is -2.63. The summed E-state index contributed by atoms with van der Waals surface area (Å²) in [7, 11) is 0. The van der Waals surface area contributed by atoms with Gasteiger partial charge in [-0.2, -0.15) is 0 Å². The molecule has 2 atom stereocenters. The van der Waals surface area contributed by atoms with Crippen molar-refractivity contribution in [1.82, 2.24) is 10.2 Å². The molecule has 1 rings (SSSR count). The van der Waals surface area contributed by atoms with Crippen LogP contribution in [-0.4, -0.2) is 36.1 Å². The molecule has 2 unspecified atom stereocenters. The van der Waals surface area contributed by atoms with E-state index < -0.39 is 0 Å². The normalized spacial score (nSPS) is 30.8. The third-order valence-electron chi connectivity index (χ3n) is 4.16. The molecule has 0 aliphatic carbocycles. The van der Waals surface area contributed by atoms with Crippen LogP contribution >= 0.6 is 0 Å². The van der Waals surface area contributed by atoms with Gasteiger partial charge in [0.25, 0.3) is 0 Å². The molecule has 1 heterocycles. The van der Waals surface area contributed by atoms with Gasteiger partial charge in [0.05, 0.1) is 0 Å². The van der Waals surface area contributed by atoms with Crippen molar-refractivity contribution in [2.24, 2.45) is 5.92 Å². The summed E-state index contributed by atoms with van der Waals surface area (Å²) in [5.41, 5.74) is 0.305. The highest BCUT2D eigenvalue weighted by molar-refractivity contribution is 4.95. The molecule has 1 aliphatic rings. The molecule has 1 saturated heterocycles. The lowest BCUT2D eigenvalue weighted by Gasteiger charge is -2.47. The van der Waals surface area contributed by atoms with Gasteiger partial charge in [0.1, 0.15) is 0 Å². The third kappa shape index (κ3) is 4.11. The number of rotatable bonds is 6. The van der Waals surface area contributed by atoms with Crippen molar-refractivity contribution in [3.8, 4) is 0 Å². The van der Waals surface area contributed by atoms with E-state index in [-0.39, 0.29) is 0 Å². The topological polar surface area (TPSA) is 15.3 Å². The zero-order chi connectivity index (χ0) is 12.9. The van der Waals surface area contributed by atoms with Gasteiger partial charge in [0.2, 0.25) is 0 Å². The molecule has 0 amide bonds. The van der Waals surface area contributed by atoms with Crippen LogP contribution in [0, 0.1) is 5.92 Å². The van der Waals surface area contributed by atoms with Crippen molar-refractivity contribution >= 4 is 0 Å². The maximum atomic E-state index is 3.81. The van der Waals surface area contributed by atoms with Crippen LogP contribution in [0.5, 0.6) is 0 Å². The number of unbranched alkanes of at least 4 members (excludes halogenated alkanes) is 1. The fourth-order valence-electron chi connectivity index (χ4n) is 2.68.